The van der Waals surface area contributed by atoms with E-state index in [1.807, 2.05) is 0 Å². The lowest BCUT2D eigenvalue weighted by molar-refractivity contribution is 0.0696. The molecular formula is C14H17N3O4. The summed E-state index contributed by atoms with van der Waals surface area (Å²) < 4.78 is 12.6. The van der Waals surface area contributed by atoms with Gasteiger partial charge in [-0.2, -0.15) is 5.10 Å². The van der Waals surface area contributed by atoms with Gasteiger partial charge in [0.2, 0.25) is 0 Å². The van der Waals surface area contributed by atoms with Crippen LogP contribution in [-0.2, 0) is 13.2 Å². The Hall–Kier alpha value is -2.57. The molecule has 7 heteroatoms. The molecule has 0 unspecified atom stereocenters. The molecule has 0 fully saturated rings. The number of nitrogens with zero attached hydrogens (tertiary/aromatic N) is 3. The Morgan fingerprint density at radius 3 is 2.86 bits per heavy atom. The summed E-state index contributed by atoms with van der Waals surface area (Å²) >= 11 is 0. The first kappa shape index (κ1) is 14.8. The second kappa shape index (κ2) is 6.74. The maximum Gasteiger partial charge on any atom is 0.335 e. The van der Waals surface area contributed by atoms with Gasteiger partial charge >= 0.3 is 5.97 Å². The molecule has 0 aliphatic rings. The average molecular weight is 291 g/mol. The van der Waals surface area contributed by atoms with Crippen LogP contribution < -0.4 is 9.47 Å². The van der Waals surface area contributed by atoms with Crippen LogP contribution in [0.2, 0.25) is 0 Å². The van der Waals surface area contributed by atoms with E-state index in [1.54, 1.807) is 10.7 Å². The van der Waals surface area contributed by atoms with Gasteiger partial charge in [-0.15, -0.1) is 0 Å². The van der Waals surface area contributed by atoms with Crippen LogP contribution >= 0.6 is 0 Å². The Kier molecular flexibility index (Phi) is 4.76. The van der Waals surface area contributed by atoms with Crippen LogP contribution in [0, 0.1) is 0 Å². The predicted molar refractivity (Wildman–Crippen MR) is 74.6 cm³/mol. The summed E-state index contributed by atoms with van der Waals surface area (Å²) in [5.74, 6) is 0.536. The van der Waals surface area contributed by atoms with E-state index in [4.69, 9.17) is 14.6 Å². The molecular weight excluding hydrogens is 274 g/mol. The molecule has 21 heavy (non-hydrogen) atoms. The van der Waals surface area contributed by atoms with Crippen molar-refractivity contribution in [2.24, 2.45) is 0 Å². The number of carboxylic acids is 1. The molecule has 0 amide bonds. The lowest BCUT2D eigenvalue weighted by atomic mass is 10.2. The Morgan fingerprint density at radius 1 is 1.38 bits per heavy atom. The molecule has 1 N–H and O–H groups in total. The SMILES string of the molecule is CCCn1ncnc1COc1ccc(C(=O)O)cc1OC. The highest BCUT2D eigenvalue weighted by Crippen LogP contribution is 2.28. The van der Waals surface area contributed by atoms with Crippen LogP contribution in [0.15, 0.2) is 24.5 Å². The minimum Gasteiger partial charge on any atom is -0.493 e. The predicted octanol–water partition coefficient (Wildman–Crippen LogP) is 1.97. The number of carboxylic acid groups (broad SMARTS) is 1. The van der Waals surface area contributed by atoms with Gasteiger partial charge in [0.25, 0.3) is 0 Å². The normalized spacial score (nSPS) is 10.4. The van der Waals surface area contributed by atoms with Gasteiger partial charge in [-0.3, -0.25) is 0 Å². The number of ether oxygens (including phenoxy) is 2. The maximum absolute atomic E-state index is 10.9. The van der Waals surface area contributed by atoms with Crippen LogP contribution in [0.3, 0.4) is 0 Å². The van der Waals surface area contributed by atoms with E-state index in [2.05, 4.69) is 17.0 Å². The van der Waals surface area contributed by atoms with Gasteiger partial charge in [0, 0.05) is 6.54 Å². The van der Waals surface area contributed by atoms with Crippen molar-refractivity contribution in [3.05, 3.63) is 35.9 Å². The van der Waals surface area contributed by atoms with Gasteiger partial charge in [0.1, 0.15) is 12.9 Å². The van der Waals surface area contributed by atoms with Gasteiger partial charge in [-0.1, -0.05) is 6.92 Å². The van der Waals surface area contributed by atoms with Crippen molar-refractivity contribution in [2.75, 3.05) is 7.11 Å². The van der Waals surface area contributed by atoms with Crippen LogP contribution in [-0.4, -0.2) is 33.0 Å². The number of aryl methyl sites for hydroxylation is 1. The molecule has 1 aromatic heterocycles. The molecule has 1 aromatic carbocycles. The first-order chi connectivity index (χ1) is 10.2. The zero-order chi connectivity index (χ0) is 15.2. The standard InChI is InChI=1S/C14H17N3O4/c1-3-6-17-13(15-9-16-17)8-21-11-5-4-10(14(18)19)7-12(11)20-2/h4-5,7,9H,3,6,8H2,1-2H3,(H,18,19). The summed E-state index contributed by atoms with van der Waals surface area (Å²) in [5.41, 5.74) is 0.147. The average Bonchev–Trinajstić information content (AvgIpc) is 2.92. The number of benzene rings is 1. The van der Waals surface area contributed by atoms with Crippen LogP contribution in [0.1, 0.15) is 29.5 Å². The molecule has 0 bridgehead atoms. The molecule has 2 aromatic rings. The molecule has 0 spiro atoms. The first-order valence-electron chi connectivity index (χ1n) is 6.56. The molecule has 0 aliphatic heterocycles. The molecule has 0 atom stereocenters. The van der Waals surface area contributed by atoms with Crippen LogP contribution in [0.5, 0.6) is 11.5 Å². The number of methoxy groups -OCH3 is 1. The lowest BCUT2D eigenvalue weighted by Crippen LogP contribution is -2.09. The van der Waals surface area contributed by atoms with Crippen LogP contribution in [0.25, 0.3) is 0 Å². The third kappa shape index (κ3) is 3.50. The molecule has 112 valence electrons. The van der Waals surface area contributed by atoms with Gasteiger partial charge in [0.15, 0.2) is 17.3 Å². The van der Waals surface area contributed by atoms with Crippen LogP contribution in [0.4, 0.5) is 0 Å². The minimum absolute atomic E-state index is 0.147. The van der Waals surface area contributed by atoms with Crippen molar-refractivity contribution in [1.29, 1.82) is 0 Å². The fourth-order valence-electron chi connectivity index (χ4n) is 1.86. The van der Waals surface area contributed by atoms with E-state index in [9.17, 15) is 4.79 Å². The van der Waals surface area contributed by atoms with E-state index in [0.29, 0.717) is 17.3 Å². The van der Waals surface area contributed by atoms with Crippen molar-refractivity contribution >= 4 is 5.97 Å². The highest BCUT2D eigenvalue weighted by Gasteiger charge is 2.11. The Labute approximate surface area is 122 Å². The third-order valence-electron chi connectivity index (χ3n) is 2.90. The van der Waals surface area contributed by atoms with E-state index in [-0.39, 0.29) is 12.2 Å². The number of aromatic carboxylic acids is 1. The van der Waals surface area contributed by atoms with Gasteiger partial charge < -0.3 is 14.6 Å². The number of hydrogen-bond donors (Lipinski definition) is 1. The number of carbonyl (C=O) groups is 1. The highest BCUT2D eigenvalue weighted by atomic mass is 16.5. The zero-order valence-electron chi connectivity index (χ0n) is 11.9. The van der Waals surface area contributed by atoms with Crippen molar-refractivity contribution in [3.8, 4) is 11.5 Å². The molecule has 0 saturated heterocycles. The lowest BCUT2D eigenvalue weighted by Gasteiger charge is -2.11. The first-order valence-corrected chi connectivity index (χ1v) is 6.56. The smallest absolute Gasteiger partial charge is 0.335 e. The van der Waals surface area contributed by atoms with E-state index in [0.717, 1.165) is 13.0 Å². The van der Waals surface area contributed by atoms with Crippen molar-refractivity contribution < 1.29 is 19.4 Å². The second-order valence-electron chi connectivity index (χ2n) is 4.36. The van der Waals surface area contributed by atoms with E-state index in [1.165, 1.54) is 25.6 Å². The summed E-state index contributed by atoms with van der Waals surface area (Å²) in [5, 5.41) is 13.1. The summed E-state index contributed by atoms with van der Waals surface area (Å²) in [6.07, 6.45) is 2.44. The molecule has 7 nitrogen and oxygen atoms in total. The monoisotopic (exact) mass is 291 g/mol. The molecule has 0 saturated carbocycles. The molecule has 0 aliphatic carbocycles. The Morgan fingerprint density at radius 2 is 2.19 bits per heavy atom. The zero-order valence-corrected chi connectivity index (χ0v) is 11.9. The largest absolute Gasteiger partial charge is 0.493 e. The molecule has 0 radical (unpaired) electrons. The van der Waals surface area contributed by atoms with Gasteiger partial charge in [-0.25, -0.2) is 14.5 Å². The van der Waals surface area contributed by atoms with E-state index < -0.39 is 5.97 Å². The number of aromatic nitrogens is 3. The van der Waals surface area contributed by atoms with Crippen molar-refractivity contribution in [3.63, 3.8) is 0 Å². The summed E-state index contributed by atoms with van der Waals surface area (Å²) in [4.78, 5) is 15.1. The van der Waals surface area contributed by atoms with Gasteiger partial charge in [-0.05, 0) is 24.6 Å². The quantitative estimate of drug-likeness (QED) is 0.839. The minimum atomic E-state index is -1.01. The fourth-order valence-corrected chi connectivity index (χ4v) is 1.86. The Bertz CT molecular complexity index is 624. The highest BCUT2D eigenvalue weighted by molar-refractivity contribution is 5.88. The summed E-state index contributed by atoms with van der Waals surface area (Å²) in [6, 6.07) is 4.47. The number of rotatable bonds is 7. The fraction of sp³-hybridized carbons (Fsp3) is 0.357. The second-order valence-corrected chi connectivity index (χ2v) is 4.36. The Balaban J connectivity index is 2.12. The summed E-state index contributed by atoms with van der Waals surface area (Å²) in [6.45, 7) is 3.07. The van der Waals surface area contributed by atoms with Crippen molar-refractivity contribution in [2.45, 2.75) is 26.5 Å². The molecule has 1 heterocycles. The van der Waals surface area contributed by atoms with Gasteiger partial charge in [0.05, 0.1) is 12.7 Å². The topological polar surface area (TPSA) is 86.5 Å². The maximum atomic E-state index is 10.9. The van der Waals surface area contributed by atoms with E-state index >= 15 is 0 Å². The summed E-state index contributed by atoms with van der Waals surface area (Å²) in [7, 11) is 1.47. The third-order valence-corrected chi connectivity index (χ3v) is 2.90. The number of hydrogen-bond acceptors (Lipinski definition) is 5. The molecule has 2 rings (SSSR count). The van der Waals surface area contributed by atoms with Crippen molar-refractivity contribution in [1.82, 2.24) is 14.8 Å².